The SMILES string of the molecule is COc1ccc(C)c2sc(N(CCN(C)C)C(=O)/C=C/c3ccc4c(c3)OCO4)nc12. The van der Waals surface area contributed by atoms with Crippen LogP contribution in [-0.4, -0.2) is 56.9 Å². The molecule has 31 heavy (non-hydrogen) atoms. The Hall–Kier alpha value is -3.10. The summed E-state index contributed by atoms with van der Waals surface area (Å²) in [5.74, 6) is 1.98. The van der Waals surface area contributed by atoms with E-state index < -0.39 is 0 Å². The maximum absolute atomic E-state index is 13.2. The second kappa shape index (κ2) is 8.95. The molecule has 4 rings (SSSR count). The molecule has 2 heterocycles. The summed E-state index contributed by atoms with van der Waals surface area (Å²) in [5.41, 5.74) is 2.76. The first-order chi connectivity index (χ1) is 15.0. The van der Waals surface area contributed by atoms with Crippen LogP contribution >= 0.6 is 11.3 Å². The molecule has 0 unspecified atom stereocenters. The van der Waals surface area contributed by atoms with Gasteiger partial charge in [0, 0.05) is 19.2 Å². The number of carbonyl (C=O) groups excluding carboxylic acids is 1. The maximum Gasteiger partial charge on any atom is 0.252 e. The Kier molecular flexibility index (Phi) is 6.11. The third-order valence-electron chi connectivity index (χ3n) is 4.99. The molecule has 0 fully saturated rings. The highest BCUT2D eigenvalue weighted by molar-refractivity contribution is 7.22. The summed E-state index contributed by atoms with van der Waals surface area (Å²) >= 11 is 1.50. The first-order valence-electron chi connectivity index (χ1n) is 9.94. The molecule has 1 amide bonds. The summed E-state index contributed by atoms with van der Waals surface area (Å²) in [6.07, 6.45) is 3.36. The molecule has 7 nitrogen and oxygen atoms in total. The van der Waals surface area contributed by atoms with E-state index in [4.69, 9.17) is 19.2 Å². The van der Waals surface area contributed by atoms with Gasteiger partial charge in [-0.3, -0.25) is 9.69 Å². The van der Waals surface area contributed by atoms with Gasteiger partial charge in [0.1, 0.15) is 11.3 Å². The Morgan fingerprint density at radius 3 is 2.77 bits per heavy atom. The van der Waals surface area contributed by atoms with Gasteiger partial charge in [-0.05, 0) is 56.4 Å². The molecule has 2 aromatic carbocycles. The van der Waals surface area contributed by atoms with Crippen molar-refractivity contribution < 1.29 is 19.0 Å². The van der Waals surface area contributed by atoms with E-state index in [0.29, 0.717) is 23.2 Å². The molecule has 0 saturated heterocycles. The fourth-order valence-corrected chi connectivity index (χ4v) is 4.34. The zero-order valence-corrected chi connectivity index (χ0v) is 18.9. The highest BCUT2D eigenvalue weighted by atomic mass is 32.1. The highest BCUT2D eigenvalue weighted by Gasteiger charge is 2.20. The van der Waals surface area contributed by atoms with Crippen LogP contribution in [0.1, 0.15) is 11.1 Å². The van der Waals surface area contributed by atoms with Crippen molar-refractivity contribution in [3.05, 3.63) is 47.5 Å². The normalized spacial score (nSPS) is 12.8. The average Bonchev–Trinajstić information content (AvgIpc) is 3.40. The van der Waals surface area contributed by atoms with E-state index in [1.807, 2.05) is 56.3 Å². The molecule has 0 saturated carbocycles. The molecule has 0 bridgehead atoms. The minimum absolute atomic E-state index is 0.129. The van der Waals surface area contributed by atoms with E-state index in [9.17, 15) is 4.79 Å². The number of anilines is 1. The van der Waals surface area contributed by atoms with Crippen LogP contribution in [0.4, 0.5) is 5.13 Å². The Bertz CT molecular complexity index is 1140. The fourth-order valence-electron chi connectivity index (χ4n) is 3.25. The number of nitrogens with zero attached hydrogens (tertiary/aromatic N) is 3. The number of likely N-dealkylation sites (N-methyl/N-ethyl adjacent to an activating group) is 1. The summed E-state index contributed by atoms with van der Waals surface area (Å²) in [6.45, 7) is 3.50. The fraction of sp³-hybridized carbons (Fsp3) is 0.304. The van der Waals surface area contributed by atoms with Gasteiger partial charge in [-0.1, -0.05) is 23.5 Å². The highest BCUT2D eigenvalue weighted by Crippen LogP contribution is 2.37. The molecule has 0 N–H and O–H groups in total. The second-order valence-electron chi connectivity index (χ2n) is 7.50. The van der Waals surface area contributed by atoms with Crippen molar-refractivity contribution in [2.45, 2.75) is 6.92 Å². The molecule has 0 radical (unpaired) electrons. The maximum atomic E-state index is 13.2. The summed E-state index contributed by atoms with van der Waals surface area (Å²) in [4.78, 5) is 21.7. The number of methoxy groups -OCH3 is 1. The van der Waals surface area contributed by atoms with Crippen LogP contribution in [0.3, 0.4) is 0 Å². The summed E-state index contributed by atoms with van der Waals surface area (Å²) < 4.78 is 17.3. The van der Waals surface area contributed by atoms with Crippen LogP contribution in [0, 0.1) is 6.92 Å². The standard InChI is InChI=1S/C23H25N3O4S/c1-15-5-8-18(28-4)21-22(15)31-23(24-21)26(12-11-25(2)3)20(27)10-7-16-6-9-17-19(13-16)30-14-29-17/h5-10,13H,11-12,14H2,1-4H3/b10-7+. The van der Waals surface area contributed by atoms with E-state index in [1.165, 1.54) is 11.3 Å². The summed E-state index contributed by atoms with van der Waals surface area (Å²) in [7, 11) is 5.60. The Balaban J connectivity index is 1.64. The lowest BCUT2D eigenvalue weighted by molar-refractivity contribution is -0.114. The van der Waals surface area contributed by atoms with E-state index in [2.05, 4.69) is 0 Å². The lowest BCUT2D eigenvalue weighted by Gasteiger charge is -2.20. The van der Waals surface area contributed by atoms with Crippen LogP contribution in [0.5, 0.6) is 17.2 Å². The summed E-state index contributed by atoms with van der Waals surface area (Å²) in [5, 5.41) is 0.657. The lowest BCUT2D eigenvalue weighted by atomic mass is 10.2. The molecule has 0 aliphatic carbocycles. The molecule has 0 spiro atoms. The predicted molar refractivity (Wildman–Crippen MR) is 123 cm³/mol. The van der Waals surface area contributed by atoms with Gasteiger partial charge in [0.2, 0.25) is 6.79 Å². The zero-order valence-electron chi connectivity index (χ0n) is 18.0. The van der Waals surface area contributed by atoms with Gasteiger partial charge in [-0.2, -0.15) is 0 Å². The predicted octanol–water partition coefficient (Wildman–Crippen LogP) is 3.95. The van der Waals surface area contributed by atoms with Crippen molar-refractivity contribution in [1.82, 2.24) is 9.88 Å². The van der Waals surface area contributed by atoms with Gasteiger partial charge in [-0.15, -0.1) is 0 Å². The molecule has 1 aliphatic rings. The number of carbonyl (C=O) groups is 1. The van der Waals surface area contributed by atoms with Crippen molar-refractivity contribution in [2.75, 3.05) is 46.0 Å². The quantitative estimate of drug-likeness (QED) is 0.520. The van der Waals surface area contributed by atoms with Crippen LogP contribution < -0.4 is 19.1 Å². The lowest BCUT2D eigenvalue weighted by Crippen LogP contribution is -2.35. The molecule has 162 valence electrons. The number of hydrogen-bond donors (Lipinski definition) is 0. The van der Waals surface area contributed by atoms with Gasteiger partial charge in [0.05, 0.1) is 11.8 Å². The number of ether oxygens (including phenoxy) is 3. The van der Waals surface area contributed by atoms with E-state index in [1.54, 1.807) is 24.2 Å². The second-order valence-corrected chi connectivity index (χ2v) is 8.48. The minimum atomic E-state index is -0.129. The summed E-state index contributed by atoms with van der Waals surface area (Å²) in [6, 6.07) is 9.52. The van der Waals surface area contributed by atoms with Gasteiger partial charge in [-0.25, -0.2) is 4.98 Å². The van der Waals surface area contributed by atoms with Gasteiger partial charge < -0.3 is 19.1 Å². The number of rotatable bonds is 7. The minimum Gasteiger partial charge on any atom is -0.494 e. The van der Waals surface area contributed by atoms with Crippen LogP contribution in [-0.2, 0) is 4.79 Å². The van der Waals surface area contributed by atoms with Crippen LogP contribution in [0.25, 0.3) is 16.3 Å². The largest absolute Gasteiger partial charge is 0.494 e. The van der Waals surface area contributed by atoms with Crippen molar-refractivity contribution >= 4 is 38.7 Å². The number of fused-ring (bicyclic) bond motifs is 2. The Morgan fingerprint density at radius 2 is 2.00 bits per heavy atom. The van der Waals surface area contributed by atoms with Gasteiger partial charge in [0.25, 0.3) is 5.91 Å². The average molecular weight is 440 g/mol. The van der Waals surface area contributed by atoms with Crippen molar-refractivity contribution in [1.29, 1.82) is 0 Å². The monoisotopic (exact) mass is 439 g/mol. The first-order valence-corrected chi connectivity index (χ1v) is 10.8. The third-order valence-corrected chi connectivity index (χ3v) is 6.21. The number of amides is 1. The van der Waals surface area contributed by atoms with Crippen LogP contribution in [0.2, 0.25) is 0 Å². The van der Waals surface area contributed by atoms with Crippen LogP contribution in [0.15, 0.2) is 36.4 Å². The number of hydrogen-bond acceptors (Lipinski definition) is 7. The molecule has 1 aromatic heterocycles. The van der Waals surface area contributed by atoms with E-state index >= 15 is 0 Å². The number of thiazole rings is 1. The van der Waals surface area contributed by atoms with Crippen molar-refractivity contribution in [2.24, 2.45) is 0 Å². The van der Waals surface area contributed by atoms with E-state index in [-0.39, 0.29) is 12.7 Å². The zero-order chi connectivity index (χ0) is 22.0. The topological polar surface area (TPSA) is 64.1 Å². The Labute approximate surface area is 185 Å². The number of aromatic nitrogens is 1. The van der Waals surface area contributed by atoms with E-state index in [0.717, 1.165) is 33.6 Å². The van der Waals surface area contributed by atoms with Gasteiger partial charge in [0.15, 0.2) is 16.6 Å². The number of aryl methyl sites for hydroxylation is 1. The molecular weight excluding hydrogens is 414 g/mol. The number of benzene rings is 2. The third kappa shape index (κ3) is 4.50. The molecule has 8 heteroatoms. The smallest absolute Gasteiger partial charge is 0.252 e. The first kappa shape index (κ1) is 21.1. The van der Waals surface area contributed by atoms with Crippen molar-refractivity contribution in [3.63, 3.8) is 0 Å². The van der Waals surface area contributed by atoms with Gasteiger partial charge >= 0.3 is 0 Å². The molecule has 1 aliphatic heterocycles. The Morgan fingerprint density at radius 1 is 1.19 bits per heavy atom. The molecule has 3 aromatic rings. The molecule has 0 atom stereocenters. The molecular formula is C23H25N3O4S. The van der Waals surface area contributed by atoms with Crippen molar-refractivity contribution in [3.8, 4) is 17.2 Å².